The number of likely N-dealkylation sites (N-methyl/N-ethyl adjacent to an activating group) is 1. The highest BCUT2D eigenvalue weighted by molar-refractivity contribution is 7.91. The summed E-state index contributed by atoms with van der Waals surface area (Å²) in [6, 6.07) is 0.0299. The smallest absolute Gasteiger partial charge is 0.150 e. The highest BCUT2D eigenvalue weighted by Crippen LogP contribution is 2.32. The normalized spacial score (nSPS) is 34.9. The van der Waals surface area contributed by atoms with E-state index in [9.17, 15) is 8.42 Å². The number of nitrogens with two attached hydrogens (primary N) is 1. The maximum Gasteiger partial charge on any atom is 0.150 e. The first-order valence-electron chi connectivity index (χ1n) is 7.37. The number of nitrogens with one attached hydrogen (secondary N) is 1. The first-order valence-corrected chi connectivity index (χ1v) is 9.32. The number of nitrogens with zero attached hydrogens (tertiary/aromatic N) is 1. The van der Waals surface area contributed by atoms with E-state index in [0.717, 1.165) is 32.4 Å². The highest BCUT2D eigenvalue weighted by atomic mass is 32.2. The SMILES string of the molecule is CN1CCOC(C(NN)C2CCCC(S(C)(=O)=O)C2)C1. The van der Waals surface area contributed by atoms with E-state index < -0.39 is 9.84 Å². The van der Waals surface area contributed by atoms with E-state index >= 15 is 0 Å². The van der Waals surface area contributed by atoms with Gasteiger partial charge in [0.25, 0.3) is 0 Å². The van der Waals surface area contributed by atoms with Gasteiger partial charge in [0.05, 0.1) is 24.0 Å². The molecule has 2 rings (SSSR count). The van der Waals surface area contributed by atoms with Crippen LogP contribution in [0.3, 0.4) is 0 Å². The molecule has 20 heavy (non-hydrogen) atoms. The summed E-state index contributed by atoms with van der Waals surface area (Å²) in [5.41, 5.74) is 2.89. The lowest BCUT2D eigenvalue weighted by molar-refractivity contribution is -0.0523. The number of hydrogen-bond donors (Lipinski definition) is 2. The summed E-state index contributed by atoms with van der Waals surface area (Å²) in [5, 5.41) is -0.224. The Morgan fingerprint density at radius 2 is 2.15 bits per heavy atom. The van der Waals surface area contributed by atoms with E-state index in [1.165, 1.54) is 6.26 Å². The minimum Gasteiger partial charge on any atom is -0.374 e. The second-order valence-electron chi connectivity index (χ2n) is 6.24. The Labute approximate surface area is 121 Å². The third-order valence-electron chi connectivity index (χ3n) is 4.67. The molecule has 4 unspecified atom stereocenters. The maximum atomic E-state index is 11.8. The van der Waals surface area contributed by atoms with Gasteiger partial charge in [-0.3, -0.25) is 11.3 Å². The summed E-state index contributed by atoms with van der Waals surface area (Å²) in [7, 11) is -0.889. The van der Waals surface area contributed by atoms with Gasteiger partial charge >= 0.3 is 0 Å². The van der Waals surface area contributed by atoms with Crippen LogP contribution in [0, 0.1) is 5.92 Å². The summed E-state index contributed by atoms with van der Waals surface area (Å²) in [4.78, 5) is 2.23. The molecule has 0 radical (unpaired) electrons. The zero-order chi connectivity index (χ0) is 14.8. The lowest BCUT2D eigenvalue weighted by atomic mass is 9.81. The highest BCUT2D eigenvalue weighted by Gasteiger charge is 2.37. The summed E-state index contributed by atoms with van der Waals surface area (Å²) >= 11 is 0. The standard InChI is InChI=1S/C13H27N3O3S/c1-16-6-7-19-12(9-16)13(15-14)10-4-3-5-11(8-10)20(2,17)18/h10-13,15H,3-9,14H2,1-2H3. The van der Waals surface area contributed by atoms with Crippen molar-refractivity contribution in [2.24, 2.45) is 11.8 Å². The van der Waals surface area contributed by atoms with E-state index in [2.05, 4.69) is 17.4 Å². The molecule has 1 saturated carbocycles. The second kappa shape index (κ2) is 6.70. The fourth-order valence-electron chi connectivity index (χ4n) is 3.47. The van der Waals surface area contributed by atoms with Gasteiger partial charge in [0.1, 0.15) is 9.84 Å². The molecule has 6 nitrogen and oxygen atoms in total. The van der Waals surface area contributed by atoms with Gasteiger partial charge in [-0.25, -0.2) is 8.42 Å². The monoisotopic (exact) mass is 305 g/mol. The fraction of sp³-hybridized carbons (Fsp3) is 1.00. The van der Waals surface area contributed by atoms with Crippen molar-refractivity contribution in [3.63, 3.8) is 0 Å². The molecule has 1 saturated heterocycles. The Morgan fingerprint density at radius 3 is 2.75 bits per heavy atom. The van der Waals surface area contributed by atoms with Gasteiger partial charge in [-0.1, -0.05) is 6.42 Å². The van der Waals surface area contributed by atoms with Gasteiger partial charge < -0.3 is 9.64 Å². The summed E-state index contributed by atoms with van der Waals surface area (Å²) in [6.07, 6.45) is 4.82. The average molecular weight is 305 g/mol. The van der Waals surface area contributed by atoms with Crippen LogP contribution >= 0.6 is 0 Å². The minimum absolute atomic E-state index is 0.0299. The fourth-order valence-corrected chi connectivity index (χ4v) is 4.66. The topological polar surface area (TPSA) is 84.7 Å². The molecule has 0 bridgehead atoms. The van der Waals surface area contributed by atoms with Crippen molar-refractivity contribution >= 4 is 9.84 Å². The van der Waals surface area contributed by atoms with E-state index in [-0.39, 0.29) is 23.3 Å². The van der Waals surface area contributed by atoms with Gasteiger partial charge in [0.15, 0.2) is 0 Å². The predicted molar refractivity (Wildman–Crippen MR) is 78.9 cm³/mol. The molecule has 0 amide bonds. The third kappa shape index (κ3) is 3.92. The van der Waals surface area contributed by atoms with Crippen LogP contribution in [0.4, 0.5) is 0 Å². The predicted octanol–water partition coefficient (Wildman–Crippen LogP) is -0.248. The average Bonchev–Trinajstić information content (AvgIpc) is 2.39. The molecule has 4 atom stereocenters. The summed E-state index contributed by atoms with van der Waals surface area (Å²) in [6.45, 7) is 2.49. The number of rotatable bonds is 4. The van der Waals surface area contributed by atoms with Crippen molar-refractivity contribution in [3.05, 3.63) is 0 Å². The number of sulfone groups is 1. The van der Waals surface area contributed by atoms with Crippen LogP contribution in [0.2, 0.25) is 0 Å². The van der Waals surface area contributed by atoms with Crippen LogP contribution < -0.4 is 11.3 Å². The van der Waals surface area contributed by atoms with Crippen LogP contribution in [0.15, 0.2) is 0 Å². The van der Waals surface area contributed by atoms with Crippen LogP contribution in [0.5, 0.6) is 0 Å². The van der Waals surface area contributed by atoms with E-state index in [4.69, 9.17) is 10.6 Å². The van der Waals surface area contributed by atoms with Gasteiger partial charge in [0.2, 0.25) is 0 Å². The molecule has 2 aliphatic rings. The van der Waals surface area contributed by atoms with Crippen molar-refractivity contribution in [1.29, 1.82) is 0 Å². The second-order valence-corrected chi connectivity index (χ2v) is 8.57. The lowest BCUT2D eigenvalue weighted by Crippen LogP contribution is -2.57. The van der Waals surface area contributed by atoms with E-state index in [1.807, 2.05) is 0 Å². The molecule has 2 fully saturated rings. The quantitative estimate of drug-likeness (QED) is 0.550. The van der Waals surface area contributed by atoms with Crippen LogP contribution in [-0.4, -0.2) is 63.7 Å². The molecule has 7 heteroatoms. The Hall–Kier alpha value is -0.210. The number of hydrogen-bond acceptors (Lipinski definition) is 6. The van der Waals surface area contributed by atoms with Gasteiger partial charge in [-0.05, 0) is 32.2 Å². The molecule has 3 N–H and O–H groups in total. The summed E-state index contributed by atoms with van der Waals surface area (Å²) < 4.78 is 29.4. The third-order valence-corrected chi connectivity index (χ3v) is 6.31. The van der Waals surface area contributed by atoms with Crippen molar-refractivity contribution in [2.45, 2.75) is 43.1 Å². The first kappa shape index (κ1) is 16.2. The molecule has 1 aliphatic heterocycles. The van der Waals surface area contributed by atoms with Crippen molar-refractivity contribution in [1.82, 2.24) is 10.3 Å². The molecule has 0 aromatic rings. The summed E-state index contributed by atoms with van der Waals surface area (Å²) in [5.74, 6) is 6.00. The van der Waals surface area contributed by atoms with Crippen LogP contribution in [0.1, 0.15) is 25.7 Å². The Balaban J connectivity index is 2.03. The molecule has 0 aromatic carbocycles. The first-order chi connectivity index (χ1) is 9.41. The molecular formula is C13H27N3O3S. The largest absolute Gasteiger partial charge is 0.374 e. The lowest BCUT2D eigenvalue weighted by Gasteiger charge is -2.40. The van der Waals surface area contributed by atoms with Gasteiger partial charge in [-0.15, -0.1) is 0 Å². The molecule has 1 heterocycles. The Morgan fingerprint density at radius 1 is 1.40 bits per heavy atom. The number of ether oxygens (including phenoxy) is 1. The Kier molecular flexibility index (Phi) is 5.42. The van der Waals surface area contributed by atoms with Crippen LogP contribution in [0.25, 0.3) is 0 Å². The van der Waals surface area contributed by atoms with Crippen molar-refractivity contribution < 1.29 is 13.2 Å². The minimum atomic E-state index is -2.96. The Bertz CT molecular complexity index is 415. The van der Waals surface area contributed by atoms with E-state index in [1.54, 1.807) is 0 Å². The molecule has 0 aromatic heterocycles. The molecule has 118 valence electrons. The number of hydrazine groups is 1. The molecular weight excluding hydrogens is 278 g/mol. The zero-order valence-corrected chi connectivity index (χ0v) is 13.2. The van der Waals surface area contributed by atoms with E-state index in [0.29, 0.717) is 13.0 Å². The zero-order valence-electron chi connectivity index (χ0n) is 12.4. The van der Waals surface area contributed by atoms with Gasteiger partial charge in [-0.2, -0.15) is 0 Å². The molecule has 0 spiro atoms. The van der Waals surface area contributed by atoms with Crippen molar-refractivity contribution in [3.8, 4) is 0 Å². The van der Waals surface area contributed by atoms with Crippen LogP contribution in [-0.2, 0) is 14.6 Å². The number of morpholine rings is 1. The molecule has 1 aliphatic carbocycles. The van der Waals surface area contributed by atoms with Gasteiger partial charge in [0, 0.05) is 19.3 Å². The van der Waals surface area contributed by atoms with Crippen molar-refractivity contribution in [2.75, 3.05) is 33.0 Å². The maximum absolute atomic E-state index is 11.8.